The predicted octanol–water partition coefficient (Wildman–Crippen LogP) is 3.87. The zero-order chi connectivity index (χ0) is 16.3. The molecule has 0 aliphatic heterocycles. The third kappa shape index (κ3) is 4.72. The Morgan fingerprint density at radius 1 is 1.24 bits per heavy atom. The van der Waals surface area contributed by atoms with Crippen molar-refractivity contribution in [1.29, 1.82) is 0 Å². The third-order valence-electron chi connectivity index (χ3n) is 4.10. The summed E-state index contributed by atoms with van der Waals surface area (Å²) >= 11 is 0. The Kier molecular flexibility index (Phi) is 5.46. The first kappa shape index (κ1) is 18.0. The van der Waals surface area contributed by atoms with Gasteiger partial charge in [-0.3, -0.25) is 0 Å². The molecule has 0 saturated heterocycles. The summed E-state index contributed by atoms with van der Waals surface area (Å²) < 4.78 is 0. The minimum absolute atomic E-state index is 0.0476. The highest BCUT2D eigenvalue weighted by molar-refractivity contribution is 5.29. The summed E-state index contributed by atoms with van der Waals surface area (Å²) in [6, 6.07) is 0. The van der Waals surface area contributed by atoms with E-state index in [-0.39, 0.29) is 11.3 Å². The second kappa shape index (κ2) is 6.37. The van der Waals surface area contributed by atoms with Crippen LogP contribution in [0.3, 0.4) is 0 Å². The van der Waals surface area contributed by atoms with Gasteiger partial charge in [-0.05, 0) is 53.2 Å². The van der Waals surface area contributed by atoms with Crippen LogP contribution in [0.4, 0.5) is 0 Å². The molecule has 3 N–H and O–H groups in total. The number of rotatable bonds is 6. The zero-order valence-electron chi connectivity index (χ0n) is 14.3. The quantitative estimate of drug-likeness (QED) is 0.697. The summed E-state index contributed by atoms with van der Waals surface area (Å²) in [5.74, 6) is 0.185. The van der Waals surface area contributed by atoms with Crippen LogP contribution in [0.1, 0.15) is 54.4 Å². The van der Waals surface area contributed by atoms with Gasteiger partial charge in [0.05, 0.1) is 6.10 Å². The van der Waals surface area contributed by atoms with Gasteiger partial charge in [0, 0.05) is 16.5 Å². The molecule has 21 heavy (non-hydrogen) atoms. The monoisotopic (exact) mass is 293 g/mol. The molecular weight excluding hydrogens is 262 g/mol. The number of aliphatic hydroxyl groups excluding tert-OH is 2. The van der Waals surface area contributed by atoms with Crippen molar-refractivity contribution in [1.82, 2.24) is 5.32 Å². The molecule has 120 valence electrons. The van der Waals surface area contributed by atoms with Crippen LogP contribution in [0.5, 0.6) is 0 Å². The van der Waals surface area contributed by atoms with E-state index in [2.05, 4.69) is 26.1 Å². The van der Waals surface area contributed by atoms with Crippen LogP contribution in [0.15, 0.2) is 36.1 Å². The van der Waals surface area contributed by atoms with Crippen LogP contribution in [0.25, 0.3) is 0 Å². The second-order valence-electron chi connectivity index (χ2n) is 7.54. The summed E-state index contributed by atoms with van der Waals surface area (Å²) in [5, 5.41) is 24.4. The molecule has 0 fully saturated rings. The Hall–Kier alpha value is -1.06. The maximum atomic E-state index is 10.9. The maximum Gasteiger partial charge on any atom is 0.112 e. The highest BCUT2D eigenvalue weighted by atomic mass is 16.3. The Balaban J connectivity index is 2.99. The standard InChI is InChI=1S/C18H31NO2/c1-7-11-16(2,3)19-17(4,5)15(21)18(6)12-9-8-10-14(20)13-18/h8-10,12-13,15,19-21H,7,11H2,1-6H3. The van der Waals surface area contributed by atoms with Crippen LogP contribution in [0, 0.1) is 5.41 Å². The fourth-order valence-corrected chi connectivity index (χ4v) is 3.41. The Morgan fingerprint density at radius 2 is 1.86 bits per heavy atom. The lowest BCUT2D eigenvalue weighted by atomic mass is 9.73. The first-order chi connectivity index (χ1) is 9.52. The molecule has 0 bridgehead atoms. The normalized spacial score (nSPS) is 24.6. The molecule has 2 atom stereocenters. The average Bonchev–Trinajstić information content (AvgIpc) is 2.48. The van der Waals surface area contributed by atoms with Crippen molar-refractivity contribution < 1.29 is 10.2 Å². The van der Waals surface area contributed by atoms with Gasteiger partial charge >= 0.3 is 0 Å². The molecule has 0 spiro atoms. The van der Waals surface area contributed by atoms with Crippen LogP contribution in [-0.4, -0.2) is 27.4 Å². The van der Waals surface area contributed by atoms with Crippen molar-refractivity contribution in [2.45, 2.75) is 71.6 Å². The van der Waals surface area contributed by atoms with Gasteiger partial charge in [-0.15, -0.1) is 0 Å². The lowest BCUT2D eigenvalue weighted by molar-refractivity contribution is 0.00573. The van der Waals surface area contributed by atoms with Gasteiger partial charge < -0.3 is 15.5 Å². The zero-order valence-corrected chi connectivity index (χ0v) is 14.3. The van der Waals surface area contributed by atoms with E-state index in [1.54, 1.807) is 18.2 Å². The molecule has 0 amide bonds. The molecule has 0 aromatic heterocycles. The molecular formula is C18H31NO2. The third-order valence-corrected chi connectivity index (χ3v) is 4.10. The van der Waals surface area contributed by atoms with E-state index in [1.165, 1.54) is 0 Å². The summed E-state index contributed by atoms with van der Waals surface area (Å²) in [6.45, 7) is 12.4. The Bertz CT molecular complexity index is 446. The first-order valence-electron chi connectivity index (χ1n) is 7.77. The minimum atomic E-state index is -0.667. The fourth-order valence-electron chi connectivity index (χ4n) is 3.41. The number of hydrogen-bond acceptors (Lipinski definition) is 3. The molecule has 0 radical (unpaired) electrons. The fraction of sp³-hybridized carbons (Fsp3) is 0.667. The molecule has 3 heteroatoms. The van der Waals surface area contributed by atoms with E-state index >= 15 is 0 Å². The highest BCUT2D eigenvalue weighted by Gasteiger charge is 2.42. The molecule has 0 heterocycles. The van der Waals surface area contributed by atoms with E-state index in [9.17, 15) is 10.2 Å². The van der Waals surface area contributed by atoms with E-state index in [4.69, 9.17) is 0 Å². The maximum absolute atomic E-state index is 10.9. The molecule has 3 nitrogen and oxygen atoms in total. The van der Waals surface area contributed by atoms with Gasteiger partial charge in [-0.2, -0.15) is 0 Å². The molecule has 2 unspecified atom stereocenters. The summed E-state index contributed by atoms with van der Waals surface area (Å²) in [5.41, 5.74) is -1.15. The van der Waals surface area contributed by atoms with Crippen LogP contribution in [0.2, 0.25) is 0 Å². The topological polar surface area (TPSA) is 52.5 Å². The number of hydrogen-bond donors (Lipinski definition) is 3. The molecule has 1 rings (SSSR count). The van der Waals surface area contributed by atoms with Crippen LogP contribution in [-0.2, 0) is 0 Å². The van der Waals surface area contributed by atoms with Crippen molar-refractivity contribution in [2.24, 2.45) is 5.41 Å². The smallest absolute Gasteiger partial charge is 0.112 e. The second-order valence-corrected chi connectivity index (χ2v) is 7.54. The van der Waals surface area contributed by atoms with Crippen molar-refractivity contribution in [3.05, 3.63) is 36.1 Å². The van der Waals surface area contributed by atoms with Gasteiger partial charge in [0.2, 0.25) is 0 Å². The number of aliphatic hydroxyl groups is 2. The highest BCUT2D eigenvalue weighted by Crippen LogP contribution is 2.35. The molecule has 0 aromatic rings. The number of nitrogens with one attached hydrogen (secondary N) is 1. The van der Waals surface area contributed by atoms with Gasteiger partial charge in [0.1, 0.15) is 5.76 Å². The van der Waals surface area contributed by atoms with Crippen molar-refractivity contribution in [3.8, 4) is 0 Å². The van der Waals surface area contributed by atoms with Crippen LogP contribution < -0.4 is 5.32 Å². The Morgan fingerprint density at radius 3 is 2.43 bits per heavy atom. The molecule has 0 aromatic carbocycles. The summed E-state index contributed by atoms with van der Waals surface area (Å²) in [4.78, 5) is 0. The van der Waals surface area contributed by atoms with Gasteiger partial charge in [0.15, 0.2) is 0 Å². The van der Waals surface area contributed by atoms with Crippen LogP contribution >= 0.6 is 0 Å². The largest absolute Gasteiger partial charge is 0.508 e. The lowest BCUT2D eigenvalue weighted by Crippen LogP contribution is -2.61. The van der Waals surface area contributed by atoms with E-state index < -0.39 is 17.1 Å². The summed E-state index contributed by atoms with van der Waals surface area (Å²) in [6.07, 6.45) is 10.4. The molecule has 1 aliphatic carbocycles. The minimum Gasteiger partial charge on any atom is -0.508 e. The summed E-state index contributed by atoms with van der Waals surface area (Å²) in [7, 11) is 0. The van der Waals surface area contributed by atoms with Crippen molar-refractivity contribution in [2.75, 3.05) is 0 Å². The van der Waals surface area contributed by atoms with Gasteiger partial charge in [-0.1, -0.05) is 31.6 Å². The predicted molar refractivity (Wildman–Crippen MR) is 89.3 cm³/mol. The van der Waals surface area contributed by atoms with Crippen molar-refractivity contribution >= 4 is 0 Å². The van der Waals surface area contributed by atoms with E-state index in [0.29, 0.717) is 0 Å². The SMILES string of the molecule is CCCC(C)(C)NC(C)(C)C(O)C1(C)C=CC=CC(O)=C1. The Labute approximate surface area is 129 Å². The first-order valence-corrected chi connectivity index (χ1v) is 7.77. The average molecular weight is 293 g/mol. The van der Waals surface area contributed by atoms with E-state index in [0.717, 1.165) is 12.8 Å². The molecule has 0 saturated carbocycles. The lowest BCUT2D eigenvalue weighted by Gasteiger charge is -2.45. The molecule has 1 aliphatic rings. The number of allylic oxidation sites excluding steroid dienone is 3. The van der Waals surface area contributed by atoms with Crippen molar-refractivity contribution in [3.63, 3.8) is 0 Å². The van der Waals surface area contributed by atoms with E-state index in [1.807, 2.05) is 32.9 Å². The van der Waals surface area contributed by atoms with Gasteiger partial charge in [-0.25, -0.2) is 0 Å². The van der Waals surface area contributed by atoms with Gasteiger partial charge in [0.25, 0.3) is 0 Å².